The summed E-state index contributed by atoms with van der Waals surface area (Å²) in [7, 11) is 0. The number of fused-ring (bicyclic) bond motifs is 2. The van der Waals surface area contributed by atoms with E-state index in [1.165, 1.54) is 5.56 Å². The fourth-order valence-electron chi connectivity index (χ4n) is 4.51. The first kappa shape index (κ1) is 20.8. The number of anilines is 1. The Morgan fingerprint density at radius 2 is 2.03 bits per heavy atom. The van der Waals surface area contributed by atoms with Gasteiger partial charge < -0.3 is 19.5 Å². The smallest absolute Gasteiger partial charge is 0.256 e. The minimum atomic E-state index is -0.154. The molecule has 2 amide bonds. The van der Waals surface area contributed by atoms with E-state index >= 15 is 0 Å². The molecule has 7 heteroatoms. The molecular formula is C25H24ClN3O3. The number of halogens is 1. The molecule has 0 aliphatic carbocycles. The van der Waals surface area contributed by atoms with E-state index in [4.69, 9.17) is 16.3 Å². The van der Waals surface area contributed by atoms with Crippen molar-refractivity contribution in [2.75, 3.05) is 31.6 Å². The van der Waals surface area contributed by atoms with Crippen molar-refractivity contribution in [3.63, 3.8) is 0 Å². The van der Waals surface area contributed by atoms with E-state index in [-0.39, 0.29) is 18.4 Å². The fourth-order valence-corrected chi connectivity index (χ4v) is 4.69. The molecule has 1 N–H and O–H groups in total. The highest BCUT2D eigenvalue weighted by Crippen LogP contribution is 2.36. The number of ether oxygens (including phenoxy) is 1. The summed E-state index contributed by atoms with van der Waals surface area (Å²) >= 11 is 6.09. The van der Waals surface area contributed by atoms with E-state index in [0.717, 1.165) is 28.5 Å². The molecule has 0 unspecified atom stereocenters. The van der Waals surface area contributed by atoms with Gasteiger partial charge in [-0.05, 0) is 30.2 Å². The summed E-state index contributed by atoms with van der Waals surface area (Å²) < 4.78 is 7.40. The molecule has 0 bridgehead atoms. The second kappa shape index (κ2) is 8.45. The van der Waals surface area contributed by atoms with E-state index in [1.54, 1.807) is 12.1 Å². The van der Waals surface area contributed by atoms with Crippen LogP contribution in [0.2, 0.25) is 5.02 Å². The zero-order chi connectivity index (χ0) is 22.2. The van der Waals surface area contributed by atoms with Gasteiger partial charge in [0.15, 0.2) is 0 Å². The van der Waals surface area contributed by atoms with Crippen LogP contribution < -0.4 is 5.32 Å². The van der Waals surface area contributed by atoms with Crippen molar-refractivity contribution in [3.05, 3.63) is 64.3 Å². The molecule has 2 aliphatic rings. The highest BCUT2D eigenvalue weighted by molar-refractivity contribution is 6.37. The molecule has 0 spiro atoms. The summed E-state index contributed by atoms with van der Waals surface area (Å²) in [4.78, 5) is 27.5. The number of rotatable bonds is 4. The van der Waals surface area contributed by atoms with E-state index in [9.17, 15) is 9.59 Å². The normalized spacial score (nSPS) is 17.1. The molecule has 32 heavy (non-hydrogen) atoms. The molecular weight excluding hydrogens is 426 g/mol. The number of aromatic nitrogens is 1. The minimum Gasteiger partial charge on any atom is -0.378 e. The Morgan fingerprint density at radius 3 is 2.81 bits per heavy atom. The molecule has 1 saturated heterocycles. The highest BCUT2D eigenvalue weighted by atomic mass is 35.5. The van der Waals surface area contributed by atoms with Crippen molar-refractivity contribution < 1.29 is 14.3 Å². The molecule has 2 aliphatic heterocycles. The molecule has 0 radical (unpaired) electrons. The summed E-state index contributed by atoms with van der Waals surface area (Å²) in [6.45, 7) is 4.76. The van der Waals surface area contributed by atoms with Crippen molar-refractivity contribution in [1.82, 2.24) is 9.47 Å². The van der Waals surface area contributed by atoms with Crippen LogP contribution in [0.4, 0.5) is 5.69 Å². The van der Waals surface area contributed by atoms with Gasteiger partial charge in [-0.25, -0.2) is 0 Å². The van der Waals surface area contributed by atoms with Gasteiger partial charge in [0, 0.05) is 46.4 Å². The highest BCUT2D eigenvalue weighted by Gasteiger charge is 2.25. The van der Waals surface area contributed by atoms with Crippen molar-refractivity contribution in [2.45, 2.75) is 19.9 Å². The molecule has 3 aromatic rings. The van der Waals surface area contributed by atoms with Gasteiger partial charge in [-0.2, -0.15) is 0 Å². The molecule has 0 saturated carbocycles. The topological polar surface area (TPSA) is 63.6 Å². The Labute approximate surface area is 191 Å². The predicted molar refractivity (Wildman–Crippen MR) is 127 cm³/mol. The first-order chi connectivity index (χ1) is 15.5. The maximum absolute atomic E-state index is 13.0. The van der Waals surface area contributed by atoms with E-state index < -0.39 is 0 Å². The molecule has 3 heterocycles. The number of carbonyl (C=O) groups excluding carboxylic acids is 2. The third-order valence-corrected chi connectivity index (χ3v) is 6.36. The number of aryl methyl sites for hydroxylation is 1. The number of para-hydroxylation sites is 1. The fraction of sp³-hybridized carbons (Fsp3) is 0.280. The lowest BCUT2D eigenvalue weighted by Gasteiger charge is -2.27. The predicted octanol–water partition coefficient (Wildman–Crippen LogP) is 4.21. The number of nitrogens with zero attached hydrogens (tertiary/aromatic N) is 2. The first-order valence-corrected chi connectivity index (χ1v) is 11.2. The van der Waals surface area contributed by atoms with Gasteiger partial charge >= 0.3 is 0 Å². The quantitative estimate of drug-likeness (QED) is 0.607. The zero-order valence-corrected chi connectivity index (χ0v) is 18.6. The Hall–Kier alpha value is -3.09. The largest absolute Gasteiger partial charge is 0.378 e. The Bertz CT molecular complexity index is 1250. The summed E-state index contributed by atoms with van der Waals surface area (Å²) in [5.74, 6) is -0.0758. The number of hydrogen-bond acceptors (Lipinski definition) is 3. The van der Waals surface area contributed by atoms with Gasteiger partial charge in [0.2, 0.25) is 5.91 Å². The maximum atomic E-state index is 13.0. The maximum Gasteiger partial charge on any atom is 0.256 e. The van der Waals surface area contributed by atoms with Crippen molar-refractivity contribution in [3.8, 4) is 0 Å². The van der Waals surface area contributed by atoms with Crippen molar-refractivity contribution in [2.24, 2.45) is 0 Å². The second-order valence-corrected chi connectivity index (χ2v) is 8.51. The third kappa shape index (κ3) is 3.70. The van der Waals surface area contributed by atoms with Crippen LogP contribution in [0.15, 0.2) is 42.6 Å². The first-order valence-electron chi connectivity index (χ1n) is 10.8. The van der Waals surface area contributed by atoms with Crippen LogP contribution in [0.3, 0.4) is 0 Å². The average Bonchev–Trinajstić information content (AvgIpc) is 3.31. The summed E-state index contributed by atoms with van der Waals surface area (Å²) in [6.07, 6.45) is 4.74. The summed E-state index contributed by atoms with van der Waals surface area (Å²) in [5.41, 5.74) is 5.27. The van der Waals surface area contributed by atoms with Crippen LogP contribution in [0.25, 0.3) is 22.6 Å². The molecule has 6 nitrogen and oxygen atoms in total. The van der Waals surface area contributed by atoms with E-state index in [1.807, 2.05) is 39.9 Å². The van der Waals surface area contributed by atoms with Gasteiger partial charge in [0.25, 0.3) is 5.91 Å². The van der Waals surface area contributed by atoms with Crippen LogP contribution in [0.1, 0.15) is 23.6 Å². The molecule has 0 atom stereocenters. The Kier molecular flexibility index (Phi) is 5.49. The number of amides is 2. The second-order valence-electron chi connectivity index (χ2n) is 8.07. The monoisotopic (exact) mass is 449 g/mol. The van der Waals surface area contributed by atoms with E-state index in [2.05, 4.69) is 18.3 Å². The molecule has 1 fully saturated rings. The van der Waals surface area contributed by atoms with E-state index in [0.29, 0.717) is 42.6 Å². The lowest BCUT2D eigenvalue weighted by molar-refractivity contribution is -0.135. The van der Waals surface area contributed by atoms with Gasteiger partial charge in [-0.3, -0.25) is 9.59 Å². The summed E-state index contributed by atoms with van der Waals surface area (Å²) in [5, 5.41) is 4.50. The van der Waals surface area contributed by atoms with Gasteiger partial charge in [-0.1, -0.05) is 42.8 Å². The van der Waals surface area contributed by atoms with Gasteiger partial charge in [0.1, 0.15) is 6.54 Å². The zero-order valence-electron chi connectivity index (χ0n) is 17.9. The Morgan fingerprint density at radius 1 is 1.22 bits per heavy atom. The van der Waals surface area contributed by atoms with Crippen LogP contribution in [0.5, 0.6) is 0 Å². The number of morpholine rings is 1. The SMILES string of the molecule is CCc1cccc2c(/C=C3/C(=O)Nc4cc(Cl)ccc43)cn(CC(=O)N3CCOCC3)c12. The van der Waals surface area contributed by atoms with Gasteiger partial charge in [0.05, 0.1) is 24.4 Å². The number of carbonyl (C=O) groups is 2. The molecule has 1 aromatic heterocycles. The number of benzene rings is 2. The van der Waals surface area contributed by atoms with Crippen LogP contribution >= 0.6 is 11.6 Å². The van der Waals surface area contributed by atoms with Crippen molar-refractivity contribution in [1.29, 1.82) is 0 Å². The lowest BCUT2D eigenvalue weighted by Crippen LogP contribution is -2.42. The number of nitrogens with one attached hydrogen (secondary N) is 1. The molecule has 164 valence electrons. The van der Waals surface area contributed by atoms with Crippen molar-refractivity contribution >= 4 is 51.7 Å². The van der Waals surface area contributed by atoms with Crippen LogP contribution in [0, 0.1) is 0 Å². The van der Waals surface area contributed by atoms with Crippen LogP contribution in [-0.4, -0.2) is 47.6 Å². The Balaban J connectivity index is 1.58. The van der Waals surface area contributed by atoms with Gasteiger partial charge in [-0.15, -0.1) is 0 Å². The lowest BCUT2D eigenvalue weighted by atomic mass is 10.0. The third-order valence-electron chi connectivity index (χ3n) is 6.13. The molecule has 5 rings (SSSR count). The standard InChI is InChI=1S/C25H24ClN3O3/c1-2-16-4-3-5-19-17(12-21-20-7-6-18(26)13-22(20)27-25(21)31)14-29(24(16)19)15-23(30)28-8-10-32-11-9-28/h3-7,12-14H,2,8-11,15H2,1H3,(H,27,31)/b21-12+. The van der Waals surface area contributed by atoms with Crippen LogP contribution in [-0.2, 0) is 27.3 Å². The average molecular weight is 450 g/mol. The molecule has 2 aromatic carbocycles. The summed E-state index contributed by atoms with van der Waals surface area (Å²) in [6, 6.07) is 11.6. The number of hydrogen-bond donors (Lipinski definition) is 1. The minimum absolute atomic E-state index is 0.0777.